The lowest BCUT2D eigenvalue weighted by Gasteiger charge is -2.07. The molecule has 9 heteroatoms. The maximum atomic E-state index is 12.1. The maximum absolute atomic E-state index is 12.1. The minimum Gasteiger partial charge on any atom is -0.451 e. The molecule has 0 aliphatic carbocycles. The third-order valence-electron chi connectivity index (χ3n) is 3.76. The predicted molar refractivity (Wildman–Crippen MR) is 105 cm³/mol. The lowest BCUT2D eigenvalue weighted by atomic mass is 10.2. The van der Waals surface area contributed by atoms with E-state index in [9.17, 15) is 14.4 Å². The molecule has 0 fully saturated rings. The van der Waals surface area contributed by atoms with E-state index >= 15 is 0 Å². The summed E-state index contributed by atoms with van der Waals surface area (Å²) in [7, 11) is 0. The van der Waals surface area contributed by atoms with Crippen LogP contribution in [0.15, 0.2) is 60.8 Å². The molecule has 1 aromatic heterocycles. The number of esters is 1. The number of benzene rings is 2. The lowest BCUT2D eigenvalue weighted by molar-refractivity contribution is -0.119. The molecule has 0 bridgehead atoms. The number of anilines is 2. The number of nitrogens with one attached hydrogen (secondary N) is 2. The first-order valence-electron chi connectivity index (χ1n) is 8.78. The van der Waals surface area contributed by atoms with Crippen LogP contribution in [-0.2, 0) is 20.9 Å². The summed E-state index contributed by atoms with van der Waals surface area (Å²) >= 11 is 0. The van der Waals surface area contributed by atoms with Gasteiger partial charge in [0.05, 0.1) is 12.7 Å². The van der Waals surface area contributed by atoms with E-state index in [4.69, 9.17) is 4.74 Å². The zero-order valence-electron chi connectivity index (χ0n) is 15.7. The number of hydrogen-bond acceptors (Lipinski definition) is 6. The van der Waals surface area contributed by atoms with Crippen molar-refractivity contribution in [1.82, 2.24) is 15.0 Å². The van der Waals surface area contributed by atoms with E-state index < -0.39 is 18.5 Å². The van der Waals surface area contributed by atoms with E-state index in [0.717, 1.165) is 5.56 Å². The molecule has 0 spiro atoms. The molecule has 0 aliphatic rings. The summed E-state index contributed by atoms with van der Waals surface area (Å²) in [6.45, 7) is 1.41. The molecule has 0 saturated heterocycles. The van der Waals surface area contributed by atoms with Gasteiger partial charge in [-0.3, -0.25) is 9.59 Å². The van der Waals surface area contributed by atoms with Crippen molar-refractivity contribution in [3.8, 4) is 0 Å². The molecule has 29 heavy (non-hydrogen) atoms. The molecular weight excluding hydrogens is 374 g/mol. The molecule has 2 amide bonds. The number of nitrogens with zero attached hydrogens (tertiary/aromatic N) is 3. The van der Waals surface area contributed by atoms with Crippen LogP contribution in [0.25, 0.3) is 0 Å². The molecule has 3 rings (SSSR count). The number of ether oxygens (including phenoxy) is 1. The Morgan fingerprint density at radius 3 is 2.28 bits per heavy atom. The second kappa shape index (κ2) is 9.27. The second-order valence-electron chi connectivity index (χ2n) is 6.17. The van der Waals surface area contributed by atoms with Gasteiger partial charge in [0, 0.05) is 18.3 Å². The predicted octanol–water partition coefficient (Wildman–Crippen LogP) is 2.08. The number of carbonyl (C=O) groups excluding carboxylic acids is 3. The van der Waals surface area contributed by atoms with E-state index in [1.165, 1.54) is 17.8 Å². The normalized spacial score (nSPS) is 10.2. The molecule has 2 N–H and O–H groups in total. The average molecular weight is 393 g/mol. The highest BCUT2D eigenvalue weighted by atomic mass is 16.5. The van der Waals surface area contributed by atoms with Gasteiger partial charge in [0.25, 0.3) is 5.91 Å². The van der Waals surface area contributed by atoms with Gasteiger partial charge < -0.3 is 15.4 Å². The van der Waals surface area contributed by atoms with Crippen molar-refractivity contribution in [3.05, 3.63) is 72.1 Å². The molecule has 0 radical (unpaired) electrons. The van der Waals surface area contributed by atoms with Crippen LogP contribution in [0, 0.1) is 0 Å². The van der Waals surface area contributed by atoms with Crippen LogP contribution < -0.4 is 10.6 Å². The summed E-state index contributed by atoms with van der Waals surface area (Å²) in [4.78, 5) is 35.0. The lowest BCUT2D eigenvalue weighted by Crippen LogP contribution is -2.21. The first kappa shape index (κ1) is 19.7. The monoisotopic (exact) mass is 393 g/mol. The minimum absolute atomic E-state index is 0.0217. The Morgan fingerprint density at radius 1 is 0.966 bits per heavy atom. The van der Waals surface area contributed by atoms with Crippen LogP contribution in [0.1, 0.15) is 23.0 Å². The Labute approximate surface area is 166 Å². The van der Waals surface area contributed by atoms with Crippen molar-refractivity contribution in [2.45, 2.75) is 13.5 Å². The highest BCUT2D eigenvalue weighted by Crippen LogP contribution is 2.13. The molecule has 0 unspecified atom stereocenters. The summed E-state index contributed by atoms with van der Waals surface area (Å²) in [5.41, 5.74) is 2.16. The van der Waals surface area contributed by atoms with Crippen molar-refractivity contribution in [2.24, 2.45) is 0 Å². The Balaban J connectivity index is 1.47. The van der Waals surface area contributed by atoms with Gasteiger partial charge in [-0.25, -0.2) is 9.48 Å². The smallest absolute Gasteiger partial charge is 0.361 e. The Kier molecular flexibility index (Phi) is 6.31. The molecule has 0 saturated carbocycles. The summed E-state index contributed by atoms with van der Waals surface area (Å²) in [5.74, 6) is -1.42. The fraction of sp³-hybridized carbons (Fsp3) is 0.150. The molecule has 1 heterocycles. The van der Waals surface area contributed by atoms with Gasteiger partial charge in [0.2, 0.25) is 5.91 Å². The van der Waals surface area contributed by atoms with Crippen molar-refractivity contribution in [2.75, 3.05) is 17.2 Å². The Morgan fingerprint density at radius 2 is 1.62 bits per heavy atom. The summed E-state index contributed by atoms with van der Waals surface area (Å²) < 4.78 is 6.49. The van der Waals surface area contributed by atoms with Crippen molar-refractivity contribution in [1.29, 1.82) is 0 Å². The number of rotatable bonds is 7. The molecule has 3 aromatic rings. The highest BCUT2D eigenvalue weighted by Gasteiger charge is 2.14. The second-order valence-corrected chi connectivity index (χ2v) is 6.17. The fourth-order valence-corrected chi connectivity index (χ4v) is 2.48. The average Bonchev–Trinajstić information content (AvgIpc) is 3.16. The van der Waals surface area contributed by atoms with Crippen molar-refractivity contribution in [3.63, 3.8) is 0 Å². The van der Waals surface area contributed by atoms with Crippen LogP contribution in [0.3, 0.4) is 0 Å². The van der Waals surface area contributed by atoms with Crippen molar-refractivity contribution < 1.29 is 19.1 Å². The van der Waals surface area contributed by atoms with E-state index in [0.29, 0.717) is 17.9 Å². The van der Waals surface area contributed by atoms with E-state index in [1.807, 2.05) is 30.3 Å². The highest BCUT2D eigenvalue weighted by molar-refractivity contribution is 5.95. The van der Waals surface area contributed by atoms with Crippen LogP contribution in [0.2, 0.25) is 0 Å². The van der Waals surface area contributed by atoms with E-state index in [1.54, 1.807) is 24.3 Å². The number of carbonyl (C=O) groups is 3. The molecule has 2 aromatic carbocycles. The molecule has 0 aliphatic heterocycles. The van der Waals surface area contributed by atoms with Gasteiger partial charge in [0.15, 0.2) is 12.3 Å². The Bertz CT molecular complexity index is 999. The van der Waals surface area contributed by atoms with Gasteiger partial charge >= 0.3 is 5.97 Å². The first-order chi connectivity index (χ1) is 14.0. The number of aromatic nitrogens is 3. The van der Waals surface area contributed by atoms with Crippen LogP contribution >= 0.6 is 0 Å². The van der Waals surface area contributed by atoms with E-state index in [2.05, 4.69) is 20.9 Å². The number of hydrogen-bond donors (Lipinski definition) is 2. The third-order valence-corrected chi connectivity index (χ3v) is 3.76. The standard InChI is InChI=1S/C20H19N5O4/c1-14(26)21-16-7-9-17(10-8-16)22-19(27)13-29-20(28)18-12-25(24-23-18)11-15-5-3-2-4-6-15/h2-10,12H,11,13H2,1H3,(H,21,26)(H,22,27). The van der Waals surface area contributed by atoms with Crippen LogP contribution in [-0.4, -0.2) is 39.4 Å². The molecule has 9 nitrogen and oxygen atoms in total. The van der Waals surface area contributed by atoms with Gasteiger partial charge in [-0.05, 0) is 29.8 Å². The van der Waals surface area contributed by atoms with Gasteiger partial charge in [-0.15, -0.1) is 5.10 Å². The van der Waals surface area contributed by atoms with Crippen molar-refractivity contribution >= 4 is 29.2 Å². The van der Waals surface area contributed by atoms with Gasteiger partial charge in [-0.2, -0.15) is 0 Å². The van der Waals surface area contributed by atoms with Crippen LogP contribution in [0.4, 0.5) is 11.4 Å². The summed E-state index contributed by atoms with van der Waals surface area (Å²) in [6.07, 6.45) is 1.47. The first-order valence-corrected chi connectivity index (χ1v) is 8.78. The summed E-state index contributed by atoms with van der Waals surface area (Å²) in [5, 5.41) is 12.9. The summed E-state index contributed by atoms with van der Waals surface area (Å²) in [6, 6.07) is 16.2. The minimum atomic E-state index is -0.736. The largest absolute Gasteiger partial charge is 0.451 e. The SMILES string of the molecule is CC(=O)Nc1ccc(NC(=O)COC(=O)c2cn(Cc3ccccc3)nn2)cc1. The molecule has 148 valence electrons. The van der Waals surface area contributed by atoms with Crippen LogP contribution in [0.5, 0.6) is 0 Å². The third kappa shape index (κ3) is 5.99. The zero-order valence-corrected chi connectivity index (χ0v) is 15.7. The molecule has 0 atom stereocenters. The van der Waals surface area contributed by atoms with Gasteiger partial charge in [-0.1, -0.05) is 35.5 Å². The quantitative estimate of drug-likeness (QED) is 0.594. The van der Waals surface area contributed by atoms with Gasteiger partial charge in [0.1, 0.15) is 0 Å². The Hall–Kier alpha value is -4.01. The van der Waals surface area contributed by atoms with E-state index in [-0.39, 0.29) is 11.6 Å². The maximum Gasteiger partial charge on any atom is 0.361 e. The zero-order chi connectivity index (χ0) is 20.6. The fourth-order valence-electron chi connectivity index (χ4n) is 2.48. The number of amides is 2. The molecular formula is C20H19N5O4. The topological polar surface area (TPSA) is 115 Å².